The number of hydrogen-bond acceptors (Lipinski definition) is 4. The third kappa shape index (κ3) is 4.37. The molecule has 0 aromatic rings. The predicted octanol–water partition coefficient (Wildman–Crippen LogP) is 3.11. The topological polar surface area (TPSA) is 52.6 Å². The van der Waals surface area contributed by atoms with E-state index in [1.165, 1.54) is 0 Å². The Bertz CT molecular complexity index is 313. The number of ether oxygens (including phenoxy) is 2. The van der Waals surface area contributed by atoms with Gasteiger partial charge in [0.05, 0.1) is 13.2 Å². The van der Waals surface area contributed by atoms with E-state index in [0.29, 0.717) is 17.9 Å². The molecule has 0 rings (SSSR count). The quantitative estimate of drug-likeness (QED) is 0.386. The summed E-state index contributed by atoms with van der Waals surface area (Å²) in [5.74, 6) is -0.731. The van der Waals surface area contributed by atoms with Crippen LogP contribution in [0.4, 0.5) is 0 Å². The van der Waals surface area contributed by atoms with Gasteiger partial charge in [-0.3, -0.25) is 9.59 Å². The summed E-state index contributed by atoms with van der Waals surface area (Å²) in [6, 6.07) is 0. The van der Waals surface area contributed by atoms with E-state index < -0.39 is 17.4 Å². The molecule has 110 valence electrons. The fourth-order valence-electron chi connectivity index (χ4n) is 1.86. The molecule has 0 N–H and O–H groups in total. The van der Waals surface area contributed by atoms with E-state index in [1.807, 2.05) is 13.8 Å². The summed E-state index contributed by atoms with van der Waals surface area (Å²) in [5.41, 5.74) is -0.888. The van der Waals surface area contributed by atoms with Crippen LogP contribution in [-0.4, -0.2) is 25.2 Å². The van der Waals surface area contributed by atoms with E-state index >= 15 is 0 Å². The molecular formula is C15H26O4. The minimum Gasteiger partial charge on any atom is -0.465 e. The van der Waals surface area contributed by atoms with Gasteiger partial charge in [-0.15, -0.1) is 0 Å². The zero-order valence-electron chi connectivity index (χ0n) is 12.7. The van der Waals surface area contributed by atoms with E-state index in [9.17, 15) is 9.59 Å². The zero-order valence-corrected chi connectivity index (χ0v) is 12.7. The van der Waals surface area contributed by atoms with Crippen molar-refractivity contribution in [3.63, 3.8) is 0 Å². The van der Waals surface area contributed by atoms with Gasteiger partial charge in [0.2, 0.25) is 0 Å². The lowest BCUT2D eigenvalue weighted by atomic mass is 9.76. The molecule has 4 heteroatoms. The molecule has 0 fully saturated rings. The van der Waals surface area contributed by atoms with Crippen LogP contribution in [0.3, 0.4) is 0 Å². The molecule has 0 aromatic carbocycles. The number of carbonyl (C=O) groups is 2. The van der Waals surface area contributed by atoms with Crippen LogP contribution < -0.4 is 0 Å². The summed E-state index contributed by atoms with van der Waals surface area (Å²) in [4.78, 5) is 24.5. The number of carbonyl (C=O) groups excluding carboxylic acids is 2. The molecule has 0 atom stereocenters. The largest absolute Gasteiger partial charge is 0.465 e. The first-order valence-electron chi connectivity index (χ1n) is 6.83. The van der Waals surface area contributed by atoms with Crippen LogP contribution in [-0.2, 0) is 19.1 Å². The first-order valence-corrected chi connectivity index (χ1v) is 6.83. The van der Waals surface area contributed by atoms with Crippen LogP contribution in [0.25, 0.3) is 0 Å². The lowest BCUT2D eigenvalue weighted by Crippen LogP contribution is -2.43. The molecule has 4 nitrogen and oxygen atoms in total. The molecule has 0 bridgehead atoms. The van der Waals surface area contributed by atoms with Crippen LogP contribution >= 0.6 is 0 Å². The van der Waals surface area contributed by atoms with Gasteiger partial charge in [-0.05, 0) is 39.5 Å². The molecule has 0 aromatic heterocycles. The van der Waals surface area contributed by atoms with Gasteiger partial charge >= 0.3 is 11.9 Å². The predicted molar refractivity (Wildman–Crippen MR) is 74.6 cm³/mol. The number of hydrogen-bond donors (Lipinski definition) is 0. The second-order valence-corrected chi connectivity index (χ2v) is 5.06. The van der Waals surface area contributed by atoms with Gasteiger partial charge in [0.1, 0.15) is 0 Å². The third-order valence-corrected chi connectivity index (χ3v) is 3.07. The average Bonchev–Trinajstić information content (AvgIpc) is 2.29. The smallest absolute Gasteiger partial charge is 0.327 e. The summed E-state index contributed by atoms with van der Waals surface area (Å²) in [5, 5.41) is 0. The van der Waals surface area contributed by atoms with E-state index in [0.717, 1.165) is 6.42 Å². The standard InChI is InChI=1S/C15H26O4/c1-7-18-13(16)15(12(5)6,10-9-11(3)4)14(17)19-8-2/h11H,5,7-10H2,1-4,6H3. The lowest BCUT2D eigenvalue weighted by molar-refractivity contribution is -0.169. The third-order valence-electron chi connectivity index (χ3n) is 3.07. The maximum absolute atomic E-state index is 12.3. The highest BCUT2D eigenvalue weighted by Crippen LogP contribution is 2.36. The van der Waals surface area contributed by atoms with Crippen molar-refractivity contribution in [2.24, 2.45) is 11.3 Å². The summed E-state index contributed by atoms with van der Waals surface area (Å²) in [6.45, 7) is 13.5. The van der Waals surface area contributed by atoms with Gasteiger partial charge in [0.25, 0.3) is 0 Å². The zero-order chi connectivity index (χ0) is 15.1. The monoisotopic (exact) mass is 270 g/mol. The molecule has 0 saturated carbocycles. The Morgan fingerprint density at radius 1 is 1.11 bits per heavy atom. The Hall–Kier alpha value is -1.32. The minimum absolute atomic E-state index is 0.231. The van der Waals surface area contributed by atoms with Crippen molar-refractivity contribution in [2.75, 3.05) is 13.2 Å². The van der Waals surface area contributed by atoms with Crippen molar-refractivity contribution in [3.05, 3.63) is 12.2 Å². The molecular weight excluding hydrogens is 244 g/mol. The lowest BCUT2D eigenvalue weighted by Gasteiger charge is -2.30. The maximum atomic E-state index is 12.3. The molecule has 0 unspecified atom stereocenters. The second-order valence-electron chi connectivity index (χ2n) is 5.06. The normalized spacial score (nSPS) is 11.3. The molecule has 0 aliphatic heterocycles. The highest BCUT2D eigenvalue weighted by molar-refractivity contribution is 6.03. The molecule has 0 radical (unpaired) electrons. The Balaban J connectivity index is 5.40. The Labute approximate surface area is 116 Å². The van der Waals surface area contributed by atoms with Crippen LogP contribution in [0.5, 0.6) is 0 Å². The average molecular weight is 270 g/mol. The molecule has 19 heavy (non-hydrogen) atoms. The van der Waals surface area contributed by atoms with Crippen molar-refractivity contribution in [1.82, 2.24) is 0 Å². The van der Waals surface area contributed by atoms with Gasteiger partial charge in [0.15, 0.2) is 5.41 Å². The molecule has 0 amide bonds. The highest BCUT2D eigenvalue weighted by Gasteiger charge is 2.49. The summed E-state index contributed by atoms with van der Waals surface area (Å²) in [7, 11) is 0. The van der Waals surface area contributed by atoms with Gasteiger partial charge in [0, 0.05) is 0 Å². The van der Waals surface area contributed by atoms with Crippen molar-refractivity contribution in [2.45, 2.75) is 47.5 Å². The van der Waals surface area contributed by atoms with Crippen molar-refractivity contribution < 1.29 is 19.1 Å². The van der Waals surface area contributed by atoms with Gasteiger partial charge in [-0.2, -0.15) is 0 Å². The van der Waals surface area contributed by atoms with E-state index in [2.05, 4.69) is 6.58 Å². The SMILES string of the molecule is C=C(C)C(CCC(C)C)(C(=O)OCC)C(=O)OCC. The number of esters is 2. The molecule has 0 aliphatic rings. The summed E-state index contributed by atoms with van der Waals surface area (Å²) in [6.07, 6.45) is 1.10. The Kier molecular flexibility index (Phi) is 7.42. The molecule has 0 heterocycles. The minimum atomic E-state index is -1.36. The molecule has 0 spiro atoms. The van der Waals surface area contributed by atoms with Crippen molar-refractivity contribution in [1.29, 1.82) is 0 Å². The fourth-order valence-corrected chi connectivity index (χ4v) is 1.86. The molecule has 0 saturated heterocycles. The van der Waals surface area contributed by atoms with E-state index in [-0.39, 0.29) is 13.2 Å². The van der Waals surface area contributed by atoms with Gasteiger partial charge in [-0.1, -0.05) is 26.0 Å². The summed E-state index contributed by atoms with van der Waals surface area (Å²) >= 11 is 0. The van der Waals surface area contributed by atoms with Crippen LogP contribution in [0, 0.1) is 11.3 Å². The maximum Gasteiger partial charge on any atom is 0.327 e. The van der Waals surface area contributed by atoms with E-state index in [1.54, 1.807) is 20.8 Å². The van der Waals surface area contributed by atoms with Crippen molar-refractivity contribution in [3.8, 4) is 0 Å². The van der Waals surface area contributed by atoms with Crippen LogP contribution in [0.1, 0.15) is 47.5 Å². The van der Waals surface area contributed by atoms with E-state index in [4.69, 9.17) is 9.47 Å². The first-order chi connectivity index (χ1) is 8.82. The van der Waals surface area contributed by atoms with Gasteiger partial charge in [-0.25, -0.2) is 0 Å². The fraction of sp³-hybridized carbons (Fsp3) is 0.733. The van der Waals surface area contributed by atoms with Crippen LogP contribution in [0.15, 0.2) is 12.2 Å². The Morgan fingerprint density at radius 3 is 1.79 bits per heavy atom. The Morgan fingerprint density at radius 2 is 1.53 bits per heavy atom. The molecule has 0 aliphatic carbocycles. The van der Waals surface area contributed by atoms with Crippen LogP contribution in [0.2, 0.25) is 0 Å². The number of rotatable bonds is 8. The summed E-state index contributed by atoms with van der Waals surface area (Å²) < 4.78 is 10.1. The van der Waals surface area contributed by atoms with Crippen molar-refractivity contribution >= 4 is 11.9 Å². The second kappa shape index (κ2) is 7.97. The van der Waals surface area contributed by atoms with Gasteiger partial charge < -0.3 is 9.47 Å². The first kappa shape index (κ1) is 17.7. The highest BCUT2D eigenvalue weighted by atomic mass is 16.6.